The maximum Gasteiger partial charge on any atom is 0.422 e. The van der Waals surface area contributed by atoms with Crippen LogP contribution in [-0.2, 0) is 11.2 Å². The maximum absolute atomic E-state index is 11.6. The first-order chi connectivity index (χ1) is 8.85. The van der Waals surface area contributed by atoms with Gasteiger partial charge < -0.3 is 4.74 Å². The van der Waals surface area contributed by atoms with Gasteiger partial charge in [0.05, 0.1) is 10.4 Å². The first-order valence-electron chi connectivity index (χ1n) is 6.38. The molecule has 2 rings (SSSR count). The average Bonchev–Trinajstić information content (AvgIpc) is 2.64. The van der Waals surface area contributed by atoms with Gasteiger partial charge in [-0.25, -0.2) is 10.2 Å². The topological polar surface area (TPSA) is 50.4 Å². The van der Waals surface area contributed by atoms with Crippen molar-refractivity contribution in [3.8, 4) is 0 Å². The Bertz CT molecular complexity index is 468. The number of halogens is 1. The summed E-state index contributed by atoms with van der Waals surface area (Å²) in [6, 6.07) is 2.09. The first kappa shape index (κ1) is 14.6. The largest absolute Gasteiger partial charge is 0.443 e. The molecule has 1 heterocycles. The Kier molecular flexibility index (Phi) is 4.38. The molecule has 0 aliphatic heterocycles. The number of thiophene rings is 1. The van der Waals surface area contributed by atoms with Crippen molar-refractivity contribution in [2.24, 2.45) is 0 Å². The number of ether oxygens (including phenoxy) is 1. The molecule has 0 spiro atoms. The lowest BCUT2D eigenvalue weighted by Gasteiger charge is -2.25. The molecule has 0 radical (unpaired) electrons. The second-order valence-electron chi connectivity index (χ2n) is 5.65. The molecule has 0 saturated heterocycles. The van der Waals surface area contributed by atoms with Crippen LogP contribution in [0.1, 0.15) is 50.1 Å². The van der Waals surface area contributed by atoms with Gasteiger partial charge in [-0.05, 0) is 51.7 Å². The van der Waals surface area contributed by atoms with Gasteiger partial charge in [-0.3, -0.25) is 5.43 Å². The normalized spacial score (nSPS) is 18.8. The van der Waals surface area contributed by atoms with E-state index < -0.39 is 11.7 Å². The van der Waals surface area contributed by atoms with Gasteiger partial charge in [-0.2, -0.15) is 0 Å². The number of aryl methyl sites for hydroxylation is 1. The van der Waals surface area contributed by atoms with Gasteiger partial charge in [-0.1, -0.05) is 11.6 Å². The van der Waals surface area contributed by atoms with Crippen LogP contribution in [0.4, 0.5) is 4.79 Å². The lowest BCUT2D eigenvalue weighted by molar-refractivity contribution is 0.0485. The molecule has 1 amide bonds. The Morgan fingerprint density at radius 2 is 2.26 bits per heavy atom. The monoisotopic (exact) mass is 302 g/mol. The van der Waals surface area contributed by atoms with Gasteiger partial charge in [0.25, 0.3) is 0 Å². The zero-order chi connectivity index (χ0) is 14.0. The minimum absolute atomic E-state index is 0.111. The second kappa shape index (κ2) is 5.69. The highest BCUT2D eigenvalue weighted by Crippen LogP contribution is 2.37. The molecule has 106 valence electrons. The maximum atomic E-state index is 11.6. The van der Waals surface area contributed by atoms with Crippen LogP contribution < -0.4 is 10.9 Å². The van der Waals surface area contributed by atoms with E-state index in [2.05, 4.69) is 10.9 Å². The fourth-order valence-corrected chi connectivity index (χ4v) is 3.50. The second-order valence-corrected chi connectivity index (χ2v) is 7.41. The van der Waals surface area contributed by atoms with Crippen LogP contribution in [-0.4, -0.2) is 11.7 Å². The van der Waals surface area contributed by atoms with E-state index >= 15 is 0 Å². The molecule has 19 heavy (non-hydrogen) atoms. The number of fused-ring (bicyclic) bond motifs is 1. The first-order valence-corrected chi connectivity index (χ1v) is 7.57. The third kappa shape index (κ3) is 4.09. The summed E-state index contributed by atoms with van der Waals surface area (Å²) in [6.07, 6.45) is 2.69. The minimum Gasteiger partial charge on any atom is -0.443 e. The van der Waals surface area contributed by atoms with Gasteiger partial charge in [0.2, 0.25) is 0 Å². The number of carbonyl (C=O) groups is 1. The van der Waals surface area contributed by atoms with Crippen LogP contribution in [0.25, 0.3) is 0 Å². The molecule has 0 fully saturated rings. The van der Waals surface area contributed by atoms with E-state index in [4.69, 9.17) is 16.3 Å². The summed E-state index contributed by atoms with van der Waals surface area (Å²) < 4.78 is 5.99. The lowest BCUT2D eigenvalue weighted by atomic mass is 9.95. The number of hydrogen-bond acceptors (Lipinski definition) is 4. The number of carbonyl (C=O) groups excluding carboxylic acids is 1. The number of nitrogens with one attached hydrogen (secondary N) is 2. The molecule has 0 saturated carbocycles. The molecule has 0 aromatic carbocycles. The Labute approximate surface area is 122 Å². The molecule has 1 unspecified atom stereocenters. The van der Waals surface area contributed by atoms with Crippen molar-refractivity contribution in [1.82, 2.24) is 10.9 Å². The third-order valence-corrected chi connectivity index (χ3v) is 4.17. The van der Waals surface area contributed by atoms with E-state index in [0.717, 1.165) is 23.6 Å². The fourth-order valence-electron chi connectivity index (χ4n) is 2.12. The van der Waals surface area contributed by atoms with E-state index in [1.165, 1.54) is 10.4 Å². The quantitative estimate of drug-likeness (QED) is 0.817. The zero-order valence-corrected chi connectivity index (χ0v) is 13.0. The van der Waals surface area contributed by atoms with Crippen LogP contribution in [0.2, 0.25) is 4.34 Å². The van der Waals surface area contributed by atoms with E-state index in [9.17, 15) is 4.79 Å². The van der Waals surface area contributed by atoms with Gasteiger partial charge in [-0.15, -0.1) is 11.3 Å². The highest BCUT2D eigenvalue weighted by atomic mass is 35.5. The van der Waals surface area contributed by atoms with Crippen molar-refractivity contribution in [1.29, 1.82) is 0 Å². The SMILES string of the molecule is CC(C)(C)OC(=O)NNC1CCCc2sc(Cl)cc21. The smallest absolute Gasteiger partial charge is 0.422 e. The molecule has 0 bridgehead atoms. The molecule has 4 nitrogen and oxygen atoms in total. The standard InChI is InChI=1S/C13H19ClN2O2S/c1-13(2,3)18-12(17)16-15-9-5-4-6-10-8(9)7-11(14)19-10/h7,9,15H,4-6H2,1-3H3,(H,16,17). The summed E-state index contributed by atoms with van der Waals surface area (Å²) in [5.74, 6) is 0. The van der Waals surface area contributed by atoms with Crippen molar-refractivity contribution in [3.05, 3.63) is 20.8 Å². The lowest BCUT2D eigenvalue weighted by Crippen LogP contribution is -2.43. The Balaban J connectivity index is 1.92. The number of hydrogen-bond donors (Lipinski definition) is 2. The van der Waals surface area contributed by atoms with E-state index in [1.807, 2.05) is 26.8 Å². The highest BCUT2D eigenvalue weighted by molar-refractivity contribution is 7.16. The Morgan fingerprint density at radius 3 is 2.95 bits per heavy atom. The van der Waals surface area contributed by atoms with E-state index in [-0.39, 0.29) is 6.04 Å². The highest BCUT2D eigenvalue weighted by Gasteiger charge is 2.24. The van der Waals surface area contributed by atoms with Gasteiger partial charge in [0.1, 0.15) is 5.60 Å². The third-order valence-electron chi connectivity index (χ3n) is 2.83. The number of amides is 1. The van der Waals surface area contributed by atoms with Crippen LogP contribution in [0.5, 0.6) is 0 Å². The molecule has 1 atom stereocenters. The molecule has 1 aliphatic rings. The summed E-state index contributed by atoms with van der Waals surface area (Å²) in [6.45, 7) is 5.51. The van der Waals surface area contributed by atoms with Crippen molar-refractivity contribution in [2.45, 2.75) is 51.7 Å². The van der Waals surface area contributed by atoms with Gasteiger partial charge in [0, 0.05) is 4.88 Å². The van der Waals surface area contributed by atoms with E-state index in [1.54, 1.807) is 11.3 Å². The van der Waals surface area contributed by atoms with Crippen LogP contribution in [0, 0.1) is 0 Å². The molecule has 6 heteroatoms. The van der Waals surface area contributed by atoms with Crippen LogP contribution in [0.3, 0.4) is 0 Å². The van der Waals surface area contributed by atoms with Gasteiger partial charge >= 0.3 is 6.09 Å². The number of rotatable bonds is 2. The van der Waals surface area contributed by atoms with Crippen molar-refractivity contribution < 1.29 is 9.53 Å². The zero-order valence-electron chi connectivity index (χ0n) is 11.4. The molecular weight excluding hydrogens is 284 g/mol. The summed E-state index contributed by atoms with van der Waals surface area (Å²) >= 11 is 7.66. The minimum atomic E-state index is -0.491. The number of hydrazine groups is 1. The molecule has 2 N–H and O–H groups in total. The fraction of sp³-hybridized carbons (Fsp3) is 0.615. The van der Waals surface area contributed by atoms with E-state index in [0.29, 0.717) is 0 Å². The van der Waals surface area contributed by atoms with Crippen LogP contribution in [0.15, 0.2) is 6.07 Å². The average molecular weight is 303 g/mol. The Morgan fingerprint density at radius 1 is 1.53 bits per heavy atom. The summed E-state index contributed by atoms with van der Waals surface area (Å²) in [5.41, 5.74) is 6.35. The summed E-state index contributed by atoms with van der Waals surface area (Å²) in [5, 5.41) is 0. The van der Waals surface area contributed by atoms with Gasteiger partial charge in [0.15, 0.2) is 0 Å². The van der Waals surface area contributed by atoms with Crippen molar-refractivity contribution >= 4 is 29.0 Å². The van der Waals surface area contributed by atoms with Crippen molar-refractivity contribution in [2.75, 3.05) is 0 Å². The summed E-state index contributed by atoms with van der Waals surface area (Å²) in [7, 11) is 0. The molecule has 1 aromatic heterocycles. The predicted molar refractivity (Wildman–Crippen MR) is 77.5 cm³/mol. The van der Waals surface area contributed by atoms with Crippen molar-refractivity contribution in [3.63, 3.8) is 0 Å². The molecule has 1 aromatic rings. The molecule has 1 aliphatic carbocycles. The Hall–Kier alpha value is -0.780. The summed E-state index contributed by atoms with van der Waals surface area (Å²) in [4.78, 5) is 12.9. The molecular formula is C13H19ClN2O2S. The van der Waals surface area contributed by atoms with Crippen LogP contribution >= 0.6 is 22.9 Å². The predicted octanol–water partition coefficient (Wildman–Crippen LogP) is 3.81.